The van der Waals surface area contributed by atoms with Gasteiger partial charge in [0, 0.05) is 13.0 Å². The number of hydrogen-bond acceptors (Lipinski definition) is 2. The van der Waals surface area contributed by atoms with Crippen LogP contribution < -0.4 is 5.32 Å². The molecule has 1 aliphatic heterocycles. The molecule has 58 valence electrons. The number of amides is 1. The summed E-state index contributed by atoms with van der Waals surface area (Å²) in [5.74, 6) is 0.214. The lowest BCUT2D eigenvalue weighted by molar-refractivity contribution is -0.123. The summed E-state index contributed by atoms with van der Waals surface area (Å²) in [6, 6.07) is 0. The zero-order valence-electron chi connectivity index (χ0n) is 5.67. The Hall–Kier alpha value is -1.06. The first-order chi connectivity index (χ1) is 4.81. The summed E-state index contributed by atoms with van der Waals surface area (Å²) in [6.07, 6.45) is 2.97. The molecule has 4 heteroatoms. The van der Waals surface area contributed by atoms with Gasteiger partial charge >= 0.3 is 0 Å². The second kappa shape index (κ2) is 6.07. The predicted molar refractivity (Wildman–Crippen MR) is 35.6 cm³/mol. The van der Waals surface area contributed by atoms with E-state index in [1.165, 1.54) is 0 Å². The number of nitrogens with one attached hydrogen (secondary N) is 1. The largest absolute Gasteiger partial charge is 0.483 e. The van der Waals surface area contributed by atoms with Crippen LogP contribution in [0.15, 0.2) is 0 Å². The maximum absolute atomic E-state index is 10.4. The van der Waals surface area contributed by atoms with Gasteiger partial charge in [-0.05, 0) is 12.8 Å². The summed E-state index contributed by atoms with van der Waals surface area (Å²) < 4.78 is 0. The van der Waals surface area contributed by atoms with Crippen molar-refractivity contribution in [3.63, 3.8) is 0 Å². The molecule has 0 bridgehead atoms. The average molecular weight is 145 g/mol. The predicted octanol–water partition coefficient (Wildman–Crippen LogP) is -0.0127. The topological polar surface area (TPSA) is 66.4 Å². The van der Waals surface area contributed by atoms with E-state index >= 15 is 0 Å². The van der Waals surface area contributed by atoms with Crippen molar-refractivity contribution >= 4 is 12.4 Å². The molecule has 1 rings (SSSR count). The van der Waals surface area contributed by atoms with Crippen molar-refractivity contribution in [3.05, 3.63) is 0 Å². The van der Waals surface area contributed by atoms with Gasteiger partial charge in [-0.3, -0.25) is 9.59 Å². The highest BCUT2D eigenvalue weighted by Crippen LogP contribution is 1.98. The highest BCUT2D eigenvalue weighted by atomic mass is 16.3. The van der Waals surface area contributed by atoms with Crippen molar-refractivity contribution in [1.82, 2.24) is 5.32 Å². The third kappa shape index (κ3) is 5.08. The van der Waals surface area contributed by atoms with Crippen molar-refractivity contribution in [1.29, 1.82) is 0 Å². The molecule has 0 atom stereocenters. The van der Waals surface area contributed by atoms with E-state index in [1.807, 2.05) is 0 Å². The fraction of sp³-hybridized carbons (Fsp3) is 0.667. The summed E-state index contributed by atoms with van der Waals surface area (Å²) in [6.45, 7) is 0.638. The molecule has 1 saturated heterocycles. The second-order valence-corrected chi connectivity index (χ2v) is 1.91. The molecule has 4 nitrogen and oxygen atoms in total. The fourth-order valence-electron chi connectivity index (χ4n) is 0.727. The summed E-state index contributed by atoms with van der Waals surface area (Å²) in [7, 11) is 0. The Morgan fingerprint density at radius 1 is 1.50 bits per heavy atom. The molecule has 0 aliphatic carbocycles. The van der Waals surface area contributed by atoms with E-state index in [4.69, 9.17) is 9.90 Å². The first kappa shape index (κ1) is 8.94. The minimum absolute atomic E-state index is 0.214. The van der Waals surface area contributed by atoms with Crippen LogP contribution in [0.4, 0.5) is 0 Å². The molecule has 0 saturated carbocycles. The first-order valence-electron chi connectivity index (χ1n) is 3.16. The van der Waals surface area contributed by atoms with Crippen molar-refractivity contribution in [3.8, 4) is 0 Å². The van der Waals surface area contributed by atoms with Gasteiger partial charge in [-0.2, -0.15) is 0 Å². The molecule has 0 aromatic rings. The third-order valence-electron chi connectivity index (χ3n) is 1.15. The van der Waals surface area contributed by atoms with Crippen LogP contribution in [-0.4, -0.2) is 24.0 Å². The van der Waals surface area contributed by atoms with Gasteiger partial charge in [-0.15, -0.1) is 0 Å². The highest BCUT2D eigenvalue weighted by Gasteiger charge is 2.04. The SMILES string of the molecule is O=C1CCCCN1.O=CO. The lowest BCUT2D eigenvalue weighted by atomic mass is 10.2. The van der Waals surface area contributed by atoms with E-state index in [0.29, 0.717) is 0 Å². The van der Waals surface area contributed by atoms with Crippen LogP contribution in [0.1, 0.15) is 19.3 Å². The summed E-state index contributed by atoms with van der Waals surface area (Å²) in [4.78, 5) is 18.7. The zero-order valence-corrected chi connectivity index (χ0v) is 5.67. The standard InChI is InChI=1S/C5H9NO.CH2O2/c7-5-3-1-2-4-6-5;2-1-3/h1-4H2,(H,6,7);1H,(H,2,3). The monoisotopic (exact) mass is 145 g/mol. The van der Waals surface area contributed by atoms with Crippen molar-refractivity contribution in [2.45, 2.75) is 19.3 Å². The molecular formula is C6H11NO3. The molecule has 1 aliphatic rings. The highest BCUT2D eigenvalue weighted by molar-refractivity contribution is 5.76. The lowest BCUT2D eigenvalue weighted by Crippen LogP contribution is -2.28. The molecular weight excluding hydrogens is 134 g/mol. The van der Waals surface area contributed by atoms with Crippen LogP contribution in [0.3, 0.4) is 0 Å². The summed E-state index contributed by atoms with van der Waals surface area (Å²) >= 11 is 0. The molecule has 0 radical (unpaired) electrons. The fourth-order valence-corrected chi connectivity index (χ4v) is 0.727. The molecule has 1 fully saturated rings. The van der Waals surface area contributed by atoms with E-state index in [0.717, 1.165) is 25.8 Å². The summed E-state index contributed by atoms with van der Waals surface area (Å²) in [5.41, 5.74) is 0. The number of carboxylic acid groups (broad SMARTS) is 1. The normalized spacial score (nSPS) is 16.2. The number of carbonyl (C=O) groups is 2. The Balaban J connectivity index is 0.000000236. The second-order valence-electron chi connectivity index (χ2n) is 1.91. The molecule has 0 spiro atoms. The number of rotatable bonds is 0. The minimum atomic E-state index is -0.250. The van der Waals surface area contributed by atoms with Crippen LogP contribution in [0.25, 0.3) is 0 Å². The van der Waals surface area contributed by atoms with Crippen molar-refractivity contribution in [2.75, 3.05) is 6.54 Å². The van der Waals surface area contributed by atoms with E-state index in [1.54, 1.807) is 0 Å². The van der Waals surface area contributed by atoms with E-state index in [-0.39, 0.29) is 12.4 Å². The molecule has 1 heterocycles. The molecule has 10 heavy (non-hydrogen) atoms. The van der Waals surface area contributed by atoms with Crippen LogP contribution in [0, 0.1) is 0 Å². The molecule has 0 aromatic heterocycles. The van der Waals surface area contributed by atoms with Gasteiger partial charge in [-0.1, -0.05) is 0 Å². The van der Waals surface area contributed by atoms with Gasteiger partial charge in [-0.25, -0.2) is 0 Å². The summed E-state index contributed by atoms with van der Waals surface area (Å²) in [5, 5.41) is 9.63. The quantitative estimate of drug-likeness (QED) is 0.471. The minimum Gasteiger partial charge on any atom is -0.483 e. The van der Waals surface area contributed by atoms with E-state index < -0.39 is 0 Å². The van der Waals surface area contributed by atoms with Crippen molar-refractivity contribution in [2.24, 2.45) is 0 Å². The van der Waals surface area contributed by atoms with E-state index in [9.17, 15) is 4.79 Å². The number of hydrogen-bond donors (Lipinski definition) is 2. The maximum atomic E-state index is 10.4. The van der Waals surface area contributed by atoms with Crippen molar-refractivity contribution < 1.29 is 14.7 Å². The average Bonchev–Trinajstić information content (AvgIpc) is 1.91. The maximum Gasteiger partial charge on any atom is 0.290 e. The molecule has 1 amide bonds. The number of carbonyl (C=O) groups excluding carboxylic acids is 1. The Labute approximate surface area is 59.2 Å². The van der Waals surface area contributed by atoms with Crippen LogP contribution in [-0.2, 0) is 9.59 Å². The van der Waals surface area contributed by atoms with Gasteiger partial charge in [0.1, 0.15) is 0 Å². The van der Waals surface area contributed by atoms with Crippen LogP contribution in [0.5, 0.6) is 0 Å². The van der Waals surface area contributed by atoms with Gasteiger partial charge in [0.2, 0.25) is 5.91 Å². The van der Waals surface area contributed by atoms with E-state index in [2.05, 4.69) is 5.32 Å². The Bertz CT molecular complexity index is 106. The molecule has 0 unspecified atom stereocenters. The van der Waals surface area contributed by atoms with Crippen LogP contribution in [0.2, 0.25) is 0 Å². The third-order valence-corrected chi connectivity index (χ3v) is 1.15. The van der Waals surface area contributed by atoms with Gasteiger partial charge in [0.05, 0.1) is 0 Å². The van der Waals surface area contributed by atoms with Gasteiger partial charge in [0.25, 0.3) is 6.47 Å². The number of piperidine rings is 1. The Morgan fingerprint density at radius 3 is 2.30 bits per heavy atom. The van der Waals surface area contributed by atoms with Gasteiger partial charge in [0.15, 0.2) is 0 Å². The molecule has 2 N–H and O–H groups in total. The smallest absolute Gasteiger partial charge is 0.290 e. The molecule has 0 aromatic carbocycles. The Kier molecular flexibility index (Phi) is 5.42. The van der Waals surface area contributed by atoms with Gasteiger partial charge < -0.3 is 10.4 Å². The first-order valence-corrected chi connectivity index (χ1v) is 3.16. The van der Waals surface area contributed by atoms with Crippen LogP contribution >= 0.6 is 0 Å². The Morgan fingerprint density at radius 2 is 2.10 bits per heavy atom. The zero-order chi connectivity index (χ0) is 7.82. The lowest BCUT2D eigenvalue weighted by Gasteiger charge is -2.08.